The van der Waals surface area contributed by atoms with E-state index in [-0.39, 0.29) is 11.8 Å². The number of nitrogens with zero attached hydrogens (tertiary/aromatic N) is 1. The maximum absolute atomic E-state index is 12.7. The van der Waals surface area contributed by atoms with E-state index in [1.165, 1.54) is 16.9 Å². The molecule has 0 unspecified atom stereocenters. The first-order valence-corrected chi connectivity index (χ1v) is 10.3. The van der Waals surface area contributed by atoms with Crippen LogP contribution in [-0.4, -0.2) is 18.4 Å². The van der Waals surface area contributed by atoms with Gasteiger partial charge in [0.15, 0.2) is 0 Å². The number of nitrogens with one attached hydrogen (secondary N) is 1. The lowest BCUT2D eigenvalue weighted by atomic mass is 10.1. The molecule has 2 aromatic carbocycles. The lowest BCUT2D eigenvalue weighted by Crippen LogP contribution is -2.28. The van der Waals surface area contributed by atoms with E-state index < -0.39 is 0 Å². The van der Waals surface area contributed by atoms with Crippen LogP contribution in [0.2, 0.25) is 0 Å². The molecular formula is C23H22N2O2S. The second-order valence-electron chi connectivity index (χ2n) is 7.06. The Morgan fingerprint density at radius 1 is 1.11 bits per heavy atom. The second-order valence-corrected chi connectivity index (χ2v) is 8.01. The molecule has 0 saturated heterocycles. The summed E-state index contributed by atoms with van der Waals surface area (Å²) in [5.41, 5.74) is 5.14. The van der Waals surface area contributed by atoms with Gasteiger partial charge in [0.2, 0.25) is 5.91 Å². The maximum atomic E-state index is 12.7. The minimum absolute atomic E-state index is 0.0188. The molecule has 1 N–H and O–H groups in total. The summed E-state index contributed by atoms with van der Waals surface area (Å²) in [6, 6.07) is 17.8. The smallest absolute Gasteiger partial charge is 0.268 e. The molecule has 1 aliphatic rings. The van der Waals surface area contributed by atoms with Crippen LogP contribution >= 0.6 is 11.3 Å². The van der Waals surface area contributed by atoms with Crippen LogP contribution in [0.1, 0.15) is 32.8 Å². The lowest BCUT2D eigenvalue weighted by molar-refractivity contribution is -0.116. The Kier molecular flexibility index (Phi) is 5.26. The number of benzene rings is 2. The Hall–Kier alpha value is -2.92. The van der Waals surface area contributed by atoms with Crippen molar-refractivity contribution >= 4 is 34.5 Å². The molecule has 28 heavy (non-hydrogen) atoms. The lowest BCUT2D eigenvalue weighted by Gasteiger charge is -2.17. The highest BCUT2D eigenvalue weighted by atomic mass is 32.1. The van der Waals surface area contributed by atoms with Crippen molar-refractivity contribution < 1.29 is 9.59 Å². The first-order chi connectivity index (χ1) is 13.6. The van der Waals surface area contributed by atoms with E-state index in [1.54, 1.807) is 0 Å². The Bertz CT molecular complexity index is 994. The third kappa shape index (κ3) is 3.99. The molecule has 2 amide bonds. The third-order valence-corrected chi connectivity index (χ3v) is 5.86. The maximum Gasteiger partial charge on any atom is 0.268 e. The fraction of sp³-hybridized carbons (Fsp3) is 0.217. The summed E-state index contributed by atoms with van der Waals surface area (Å²) in [5.74, 6) is 0.00579. The number of rotatable bonds is 5. The van der Waals surface area contributed by atoms with Gasteiger partial charge in [0.25, 0.3) is 5.91 Å². The molecule has 4 nitrogen and oxygen atoms in total. The number of anilines is 2. The Morgan fingerprint density at radius 3 is 2.68 bits per heavy atom. The SMILES string of the molecule is Cc1ccc(CCC(=O)Nc2ccc3c(c2)N(C(=O)c2cccs2)CC3)cc1. The summed E-state index contributed by atoms with van der Waals surface area (Å²) in [4.78, 5) is 27.6. The van der Waals surface area contributed by atoms with Gasteiger partial charge in [0, 0.05) is 24.3 Å². The number of hydrogen-bond donors (Lipinski definition) is 1. The molecule has 142 valence electrons. The minimum Gasteiger partial charge on any atom is -0.326 e. The van der Waals surface area contributed by atoms with Gasteiger partial charge >= 0.3 is 0 Å². The number of amides is 2. The van der Waals surface area contributed by atoms with Crippen LogP contribution in [0, 0.1) is 6.92 Å². The van der Waals surface area contributed by atoms with E-state index in [1.807, 2.05) is 40.6 Å². The molecule has 0 bridgehead atoms. The summed E-state index contributed by atoms with van der Waals surface area (Å²) >= 11 is 1.45. The summed E-state index contributed by atoms with van der Waals surface area (Å²) in [7, 11) is 0. The molecule has 5 heteroatoms. The predicted octanol–water partition coefficient (Wildman–Crippen LogP) is 4.83. The molecule has 0 atom stereocenters. The number of aryl methyl sites for hydroxylation is 2. The van der Waals surface area contributed by atoms with E-state index in [4.69, 9.17) is 0 Å². The van der Waals surface area contributed by atoms with Crippen molar-refractivity contribution in [1.82, 2.24) is 0 Å². The van der Waals surface area contributed by atoms with Gasteiger partial charge in [-0.25, -0.2) is 0 Å². The Balaban J connectivity index is 1.42. The van der Waals surface area contributed by atoms with E-state index in [9.17, 15) is 9.59 Å². The summed E-state index contributed by atoms with van der Waals surface area (Å²) in [6.45, 7) is 2.73. The van der Waals surface area contributed by atoms with Crippen LogP contribution in [0.4, 0.5) is 11.4 Å². The van der Waals surface area contributed by atoms with Crippen LogP contribution in [-0.2, 0) is 17.6 Å². The monoisotopic (exact) mass is 390 g/mol. The fourth-order valence-electron chi connectivity index (χ4n) is 3.44. The predicted molar refractivity (Wildman–Crippen MR) is 114 cm³/mol. The topological polar surface area (TPSA) is 49.4 Å². The molecule has 1 aliphatic heterocycles. The van der Waals surface area contributed by atoms with Crippen molar-refractivity contribution in [3.8, 4) is 0 Å². The van der Waals surface area contributed by atoms with E-state index >= 15 is 0 Å². The van der Waals surface area contributed by atoms with Crippen LogP contribution < -0.4 is 10.2 Å². The largest absolute Gasteiger partial charge is 0.326 e. The van der Waals surface area contributed by atoms with Gasteiger partial charge in [0.1, 0.15) is 0 Å². The van der Waals surface area contributed by atoms with Gasteiger partial charge in [-0.05, 0) is 54.5 Å². The quantitative estimate of drug-likeness (QED) is 0.678. The average Bonchev–Trinajstić information content (AvgIpc) is 3.37. The molecule has 0 spiro atoms. The van der Waals surface area contributed by atoms with Crippen LogP contribution in [0.3, 0.4) is 0 Å². The highest BCUT2D eigenvalue weighted by Gasteiger charge is 2.26. The molecule has 1 aromatic heterocycles. The molecule has 0 saturated carbocycles. The van der Waals surface area contributed by atoms with E-state index in [2.05, 4.69) is 36.5 Å². The summed E-state index contributed by atoms with van der Waals surface area (Å²) in [5, 5.41) is 4.88. The van der Waals surface area contributed by atoms with Gasteiger partial charge in [-0.1, -0.05) is 42.0 Å². The molecule has 2 heterocycles. The van der Waals surface area contributed by atoms with Crippen molar-refractivity contribution in [2.75, 3.05) is 16.8 Å². The first-order valence-electron chi connectivity index (χ1n) is 9.44. The number of carbonyl (C=O) groups excluding carboxylic acids is 2. The number of carbonyl (C=O) groups is 2. The van der Waals surface area contributed by atoms with Gasteiger partial charge in [0.05, 0.1) is 4.88 Å². The first kappa shape index (κ1) is 18.4. The summed E-state index contributed by atoms with van der Waals surface area (Å²) < 4.78 is 0. The van der Waals surface area contributed by atoms with Crippen LogP contribution in [0.5, 0.6) is 0 Å². The van der Waals surface area contributed by atoms with Crippen molar-refractivity contribution in [2.24, 2.45) is 0 Å². The molecule has 0 aliphatic carbocycles. The van der Waals surface area contributed by atoms with E-state index in [0.29, 0.717) is 19.4 Å². The Labute approximate surface area is 168 Å². The van der Waals surface area contributed by atoms with Crippen LogP contribution in [0.25, 0.3) is 0 Å². The van der Waals surface area contributed by atoms with Gasteiger partial charge in [-0.2, -0.15) is 0 Å². The molecule has 3 aromatic rings. The van der Waals surface area contributed by atoms with Crippen molar-refractivity contribution in [3.05, 3.63) is 81.5 Å². The van der Waals surface area contributed by atoms with Gasteiger partial charge in [-0.15, -0.1) is 11.3 Å². The molecule has 4 rings (SSSR count). The Morgan fingerprint density at radius 2 is 1.93 bits per heavy atom. The highest BCUT2D eigenvalue weighted by molar-refractivity contribution is 7.12. The zero-order valence-electron chi connectivity index (χ0n) is 15.8. The molecule has 0 fully saturated rings. The zero-order valence-corrected chi connectivity index (χ0v) is 16.6. The number of thiophene rings is 1. The number of hydrogen-bond acceptors (Lipinski definition) is 3. The van der Waals surface area contributed by atoms with Gasteiger partial charge < -0.3 is 10.2 Å². The van der Waals surface area contributed by atoms with Crippen LogP contribution in [0.15, 0.2) is 60.0 Å². The fourth-order valence-corrected chi connectivity index (χ4v) is 4.11. The zero-order chi connectivity index (χ0) is 19.5. The number of fused-ring (bicyclic) bond motifs is 1. The summed E-state index contributed by atoms with van der Waals surface area (Å²) in [6.07, 6.45) is 1.98. The highest BCUT2D eigenvalue weighted by Crippen LogP contribution is 2.32. The van der Waals surface area contributed by atoms with Crippen molar-refractivity contribution in [2.45, 2.75) is 26.2 Å². The van der Waals surface area contributed by atoms with Crippen molar-refractivity contribution in [1.29, 1.82) is 0 Å². The van der Waals surface area contributed by atoms with Gasteiger partial charge in [-0.3, -0.25) is 9.59 Å². The van der Waals surface area contributed by atoms with Crippen molar-refractivity contribution in [3.63, 3.8) is 0 Å². The molecular weight excluding hydrogens is 368 g/mol. The van der Waals surface area contributed by atoms with E-state index in [0.717, 1.165) is 33.8 Å². The minimum atomic E-state index is -0.0188. The second kappa shape index (κ2) is 7.98. The average molecular weight is 391 g/mol. The standard InChI is InChI=1S/C23H22N2O2S/c1-16-4-6-17(7-5-16)8-11-22(26)24-19-10-9-18-12-13-25(20(18)15-19)23(27)21-3-2-14-28-21/h2-7,9-10,14-15H,8,11-13H2,1H3,(H,24,26). The third-order valence-electron chi connectivity index (χ3n) is 5.00. The normalized spacial score (nSPS) is 12.7. The molecule has 0 radical (unpaired) electrons.